The SMILES string of the molecule is COC(=O)c1cc(S(C)(=O)=O)c(-n2ccc(=O)cc2)cc1C#N.CS(=O)(=O)c1cc(C(=O)N=C(N)N)c(C#N)cc1-n1ccc(=O)cc1. The zero-order valence-corrected chi connectivity index (χ0v) is 26.9. The number of rotatable bonds is 6. The third-order valence-electron chi connectivity index (χ3n) is 6.26. The van der Waals surface area contributed by atoms with E-state index in [2.05, 4.69) is 9.73 Å². The summed E-state index contributed by atoms with van der Waals surface area (Å²) in [6, 6.07) is 13.3. The molecular formula is C30H25N7O9S2. The molecule has 0 spiro atoms. The van der Waals surface area contributed by atoms with Crippen molar-refractivity contribution in [2.24, 2.45) is 16.5 Å². The predicted octanol–water partition coefficient (Wildman–Crippen LogP) is 0.426. The minimum Gasteiger partial charge on any atom is -0.465 e. The second-order valence-corrected chi connectivity index (χ2v) is 13.7. The normalized spacial score (nSPS) is 10.8. The molecule has 0 aliphatic rings. The molecule has 48 heavy (non-hydrogen) atoms. The van der Waals surface area contributed by atoms with Gasteiger partial charge in [0.25, 0.3) is 5.91 Å². The molecule has 4 aromatic rings. The smallest absolute Gasteiger partial charge is 0.339 e. The van der Waals surface area contributed by atoms with Gasteiger partial charge in [0.05, 0.1) is 50.5 Å². The van der Waals surface area contributed by atoms with Gasteiger partial charge in [0.2, 0.25) is 0 Å². The first-order valence-corrected chi connectivity index (χ1v) is 16.9. The Bertz CT molecular complexity index is 2370. The molecule has 0 radical (unpaired) electrons. The number of pyridine rings is 2. The fourth-order valence-corrected chi connectivity index (χ4v) is 5.85. The lowest BCUT2D eigenvalue weighted by Crippen LogP contribution is -2.24. The lowest BCUT2D eigenvalue weighted by Gasteiger charge is -2.13. The zero-order valence-electron chi connectivity index (χ0n) is 25.3. The van der Waals surface area contributed by atoms with Gasteiger partial charge in [-0.2, -0.15) is 15.5 Å². The third kappa shape index (κ3) is 8.46. The van der Waals surface area contributed by atoms with Crippen molar-refractivity contribution in [1.82, 2.24) is 9.13 Å². The number of ether oxygens (including phenoxy) is 1. The highest BCUT2D eigenvalue weighted by Crippen LogP contribution is 2.26. The number of benzene rings is 2. The van der Waals surface area contributed by atoms with Gasteiger partial charge in [-0.1, -0.05) is 0 Å². The first kappa shape index (κ1) is 36.1. The topological polar surface area (TPSA) is 268 Å². The van der Waals surface area contributed by atoms with Gasteiger partial charge in [0.15, 0.2) is 36.5 Å². The van der Waals surface area contributed by atoms with Crippen molar-refractivity contribution in [1.29, 1.82) is 10.5 Å². The molecule has 16 nitrogen and oxygen atoms in total. The van der Waals surface area contributed by atoms with Crippen LogP contribution in [0.15, 0.2) is 97.7 Å². The van der Waals surface area contributed by atoms with E-state index in [1.807, 2.05) is 12.1 Å². The lowest BCUT2D eigenvalue weighted by molar-refractivity contribution is 0.0600. The maximum Gasteiger partial charge on any atom is 0.339 e. The van der Waals surface area contributed by atoms with Crippen molar-refractivity contribution in [2.75, 3.05) is 19.6 Å². The number of carbonyl (C=O) groups is 2. The number of hydrogen-bond acceptors (Lipinski definition) is 11. The first-order chi connectivity index (χ1) is 22.4. The predicted molar refractivity (Wildman–Crippen MR) is 171 cm³/mol. The monoisotopic (exact) mass is 691 g/mol. The van der Waals surface area contributed by atoms with Crippen LogP contribution in [0.4, 0.5) is 0 Å². The highest BCUT2D eigenvalue weighted by molar-refractivity contribution is 7.91. The maximum absolute atomic E-state index is 12.1. The highest BCUT2D eigenvalue weighted by atomic mass is 32.2. The fraction of sp³-hybridized carbons (Fsp3) is 0.100. The average molecular weight is 692 g/mol. The minimum atomic E-state index is -3.77. The Labute approximate surface area is 273 Å². The number of carbonyl (C=O) groups excluding carboxylic acids is 2. The van der Waals surface area contributed by atoms with Crippen molar-refractivity contribution in [3.63, 3.8) is 0 Å². The number of amides is 1. The quantitative estimate of drug-likeness (QED) is 0.158. The zero-order chi connectivity index (χ0) is 36.0. The van der Waals surface area contributed by atoms with Gasteiger partial charge < -0.3 is 25.3 Å². The molecule has 0 atom stereocenters. The summed E-state index contributed by atoms with van der Waals surface area (Å²) in [5.74, 6) is -2.26. The van der Waals surface area contributed by atoms with Crippen LogP contribution in [0.2, 0.25) is 0 Å². The van der Waals surface area contributed by atoms with Crippen LogP contribution >= 0.6 is 0 Å². The highest BCUT2D eigenvalue weighted by Gasteiger charge is 2.23. The van der Waals surface area contributed by atoms with Crippen molar-refractivity contribution in [2.45, 2.75) is 9.79 Å². The second kappa shape index (κ2) is 14.4. The summed E-state index contributed by atoms with van der Waals surface area (Å²) in [6.45, 7) is 0. The summed E-state index contributed by atoms with van der Waals surface area (Å²) in [5, 5.41) is 18.5. The van der Waals surface area contributed by atoms with Crippen LogP contribution in [-0.2, 0) is 24.4 Å². The Balaban J connectivity index is 0.000000261. The standard InChI is InChI=1S/C15H13N5O4S.C15H12N2O5S/c1-25(23,24)13-7-11(14(22)19-15(17)18)9(8-16)6-12(13)20-4-2-10(21)3-5-20;1-22-15(19)12-8-14(23(2,20)21)13(7-10(12)9-16)17-5-3-11(18)4-6-17/h2-7H,1H3,(H4,17,18,19,22);3-8H,1-2H3. The fourth-order valence-electron chi connectivity index (χ4n) is 4.10. The van der Waals surface area contributed by atoms with E-state index in [1.54, 1.807) is 0 Å². The summed E-state index contributed by atoms with van der Waals surface area (Å²) < 4.78 is 55.7. The van der Waals surface area contributed by atoms with Crippen molar-refractivity contribution >= 4 is 37.5 Å². The van der Waals surface area contributed by atoms with Crippen LogP contribution in [0.25, 0.3) is 11.4 Å². The number of guanidine groups is 1. The van der Waals surface area contributed by atoms with Crippen LogP contribution in [0.1, 0.15) is 31.8 Å². The molecule has 0 unspecified atom stereocenters. The number of sulfone groups is 2. The number of aliphatic imine (C=N–C) groups is 1. The van der Waals surface area contributed by atoms with Gasteiger partial charge in [-0.15, -0.1) is 0 Å². The van der Waals surface area contributed by atoms with E-state index in [0.29, 0.717) is 0 Å². The number of nitrogens with two attached hydrogens (primary N) is 2. The van der Waals surface area contributed by atoms with Crippen LogP contribution in [0.5, 0.6) is 0 Å². The molecule has 0 aliphatic carbocycles. The largest absolute Gasteiger partial charge is 0.465 e. The molecule has 0 aliphatic heterocycles. The molecule has 246 valence electrons. The average Bonchev–Trinajstić information content (AvgIpc) is 3.03. The molecule has 0 fully saturated rings. The van der Waals surface area contributed by atoms with Crippen molar-refractivity contribution in [3.8, 4) is 23.5 Å². The van der Waals surface area contributed by atoms with Crippen LogP contribution in [0.3, 0.4) is 0 Å². The van der Waals surface area contributed by atoms with E-state index in [0.717, 1.165) is 31.8 Å². The Morgan fingerprint density at radius 2 is 1.10 bits per heavy atom. The molecule has 1 amide bonds. The van der Waals surface area contributed by atoms with E-state index < -0.39 is 37.5 Å². The molecule has 0 saturated carbocycles. The maximum atomic E-state index is 12.1. The number of nitrogens with zero attached hydrogens (tertiary/aromatic N) is 5. The Hall–Kier alpha value is -6.37. The third-order valence-corrected chi connectivity index (χ3v) is 8.51. The van der Waals surface area contributed by atoms with Crippen LogP contribution in [0, 0.1) is 22.7 Å². The van der Waals surface area contributed by atoms with E-state index in [9.17, 15) is 46.5 Å². The first-order valence-electron chi connectivity index (χ1n) is 13.1. The summed E-state index contributed by atoms with van der Waals surface area (Å²) in [4.78, 5) is 49.2. The number of nitriles is 2. The van der Waals surface area contributed by atoms with Crippen molar-refractivity contribution < 1.29 is 31.2 Å². The van der Waals surface area contributed by atoms with Crippen LogP contribution in [-0.4, -0.2) is 63.4 Å². The lowest BCUT2D eigenvalue weighted by atomic mass is 10.1. The molecule has 4 rings (SSSR count). The molecule has 2 aromatic heterocycles. The minimum absolute atomic E-state index is 0.0297. The molecule has 18 heteroatoms. The van der Waals surface area contributed by atoms with E-state index in [4.69, 9.17) is 11.5 Å². The number of aromatic nitrogens is 2. The Morgan fingerprint density at radius 3 is 1.44 bits per heavy atom. The summed E-state index contributed by atoms with van der Waals surface area (Å²) in [6.07, 6.45) is 7.41. The second-order valence-electron chi connectivity index (χ2n) is 9.71. The molecular weight excluding hydrogens is 667 g/mol. The van der Waals surface area contributed by atoms with E-state index in [-0.39, 0.29) is 54.3 Å². The van der Waals surface area contributed by atoms with Gasteiger partial charge in [0, 0.05) is 61.6 Å². The van der Waals surface area contributed by atoms with Gasteiger partial charge in [-0.25, -0.2) is 21.6 Å². The Morgan fingerprint density at radius 1 is 0.729 bits per heavy atom. The summed E-state index contributed by atoms with van der Waals surface area (Å²) >= 11 is 0. The molecule has 0 bridgehead atoms. The van der Waals surface area contributed by atoms with Gasteiger partial charge in [-0.05, 0) is 24.3 Å². The summed E-state index contributed by atoms with van der Waals surface area (Å²) in [5.41, 5.74) is 9.54. The molecule has 2 heterocycles. The van der Waals surface area contributed by atoms with E-state index in [1.165, 1.54) is 70.3 Å². The number of methoxy groups -OCH3 is 1. The van der Waals surface area contributed by atoms with Crippen LogP contribution < -0.4 is 22.3 Å². The van der Waals surface area contributed by atoms with Gasteiger partial charge in [0.1, 0.15) is 12.1 Å². The van der Waals surface area contributed by atoms with Gasteiger partial charge in [-0.3, -0.25) is 14.4 Å². The van der Waals surface area contributed by atoms with E-state index >= 15 is 0 Å². The molecule has 2 aromatic carbocycles. The number of esters is 1. The Kier molecular flexibility index (Phi) is 10.8. The summed E-state index contributed by atoms with van der Waals surface area (Å²) in [7, 11) is -6.33. The number of hydrogen-bond donors (Lipinski definition) is 2. The molecule has 4 N–H and O–H groups in total. The molecule has 0 saturated heterocycles. The van der Waals surface area contributed by atoms with Crippen molar-refractivity contribution in [3.05, 3.63) is 116 Å². The van der Waals surface area contributed by atoms with Gasteiger partial charge >= 0.3 is 5.97 Å².